The number of alkyl halides is 3. The van der Waals surface area contributed by atoms with Gasteiger partial charge in [-0.05, 0) is 42.8 Å². The highest BCUT2D eigenvalue weighted by molar-refractivity contribution is 6.04. The lowest BCUT2D eigenvalue weighted by Crippen LogP contribution is -2.13. The second-order valence-electron chi connectivity index (χ2n) is 5.24. The van der Waals surface area contributed by atoms with Gasteiger partial charge in [-0.25, -0.2) is 4.98 Å². The number of carbonyl (C=O) groups excluding carboxylic acids is 1. The maximum atomic E-state index is 12.5. The van der Waals surface area contributed by atoms with E-state index in [1.165, 1.54) is 6.20 Å². The molecule has 0 bridgehead atoms. The van der Waals surface area contributed by atoms with Crippen LogP contribution in [0.2, 0.25) is 0 Å². The second kappa shape index (κ2) is 7.81. The van der Waals surface area contributed by atoms with Gasteiger partial charge in [-0.15, -0.1) is 0 Å². The first-order valence-corrected chi connectivity index (χ1v) is 7.58. The van der Waals surface area contributed by atoms with Crippen molar-refractivity contribution < 1.29 is 18.0 Å². The largest absolute Gasteiger partial charge is 0.416 e. The Hall–Kier alpha value is -2.57. The van der Waals surface area contributed by atoms with Crippen LogP contribution in [0, 0.1) is 0 Å². The number of benzene rings is 1. The van der Waals surface area contributed by atoms with Crippen LogP contribution in [0.5, 0.6) is 0 Å². The van der Waals surface area contributed by atoms with Crippen LogP contribution in [-0.2, 0) is 6.18 Å². The van der Waals surface area contributed by atoms with Crippen LogP contribution in [0.1, 0.15) is 35.7 Å². The molecule has 0 saturated heterocycles. The van der Waals surface area contributed by atoms with E-state index in [-0.39, 0.29) is 5.56 Å². The Balaban J connectivity index is 1.96. The summed E-state index contributed by atoms with van der Waals surface area (Å²) in [7, 11) is 0. The number of carbonyl (C=O) groups is 1. The van der Waals surface area contributed by atoms with Gasteiger partial charge in [0.25, 0.3) is 5.91 Å². The summed E-state index contributed by atoms with van der Waals surface area (Å²) in [6, 6.07) is 7.47. The third kappa shape index (κ3) is 4.97. The minimum absolute atomic E-state index is 0.146. The molecule has 1 aromatic heterocycles. The number of amides is 1. The highest BCUT2D eigenvalue weighted by Crippen LogP contribution is 2.29. The van der Waals surface area contributed by atoms with Gasteiger partial charge < -0.3 is 10.6 Å². The summed E-state index contributed by atoms with van der Waals surface area (Å²) in [5, 5.41) is 5.75. The quantitative estimate of drug-likeness (QED) is 0.760. The minimum atomic E-state index is -4.42. The SMILES string of the molecule is CCCCNc1ccc(NC(=O)c2ccc(C(F)(F)F)cc2)cn1. The number of pyridine rings is 1. The van der Waals surface area contributed by atoms with E-state index < -0.39 is 17.6 Å². The zero-order chi connectivity index (χ0) is 17.6. The van der Waals surface area contributed by atoms with Crippen molar-refractivity contribution in [3.05, 3.63) is 53.7 Å². The predicted molar refractivity (Wildman–Crippen MR) is 87.0 cm³/mol. The third-order valence-corrected chi connectivity index (χ3v) is 3.33. The molecule has 0 saturated carbocycles. The summed E-state index contributed by atoms with van der Waals surface area (Å²) in [6.45, 7) is 2.91. The first kappa shape index (κ1) is 17.8. The zero-order valence-corrected chi connectivity index (χ0v) is 13.2. The summed E-state index contributed by atoms with van der Waals surface area (Å²) in [6.07, 6.45) is -0.807. The van der Waals surface area contributed by atoms with Crippen molar-refractivity contribution in [1.29, 1.82) is 0 Å². The van der Waals surface area contributed by atoms with E-state index in [4.69, 9.17) is 0 Å². The van der Waals surface area contributed by atoms with Crippen molar-refractivity contribution in [3.63, 3.8) is 0 Å². The monoisotopic (exact) mass is 337 g/mol. The lowest BCUT2D eigenvalue weighted by molar-refractivity contribution is -0.137. The highest BCUT2D eigenvalue weighted by Gasteiger charge is 2.30. The van der Waals surface area contributed by atoms with Gasteiger partial charge in [0.2, 0.25) is 0 Å². The van der Waals surface area contributed by atoms with E-state index in [0.717, 1.165) is 43.7 Å². The molecule has 0 aliphatic heterocycles. The van der Waals surface area contributed by atoms with E-state index in [0.29, 0.717) is 11.5 Å². The third-order valence-electron chi connectivity index (χ3n) is 3.33. The number of hydrogen-bond donors (Lipinski definition) is 2. The standard InChI is InChI=1S/C17H18F3N3O/c1-2-3-10-21-15-9-8-14(11-22-15)23-16(24)12-4-6-13(7-5-12)17(18,19)20/h4-9,11H,2-3,10H2,1H3,(H,21,22)(H,23,24). The fraction of sp³-hybridized carbons (Fsp3) is 0.294. The number of anilines is 2. The van der Waals surface area contributed by atoms with Crippen LogP contribution in [0.3, 0.4) is 0 Å². The average molecular weight is 337 g/mol. The van der Waals surface area contributed by atoms with Gasteiger partial charge in [-0.2, -0.15) is 13.2 Å². The molecule has 0 fully saturated rings. The van der Waals surface area contributed by atoms with Crippen LogP contribution >= 0.6 is 0 Å². The molecule has 7 heteroatoms. The smallest absolute Gasteiger partial charge is 0.370 e. The zero-order valence-electron chi connectivity index (χ0n) is 13.2. The predicted octanol–water partition coefficient (Wildman–Crippen LogP) is 4.56. The molecule has 0 unspecified atom stereocenters. The topological polar surface area (TPSA) is 54.0 Å². The van der Waals surface area contributed by atoms with Crippen LogP contribution in [0.25, 0.3) is 0 Å². The van der Waals surface area contributed by atoms with Crippen molar-refractivity contribution in [2.75, 3.05) is 17.2 Å². The summed E-state index contributed by atoms with van der Waals surface area (Å²) in [5.74, 6) is 0.216. The Labute approximate surface area is 138 Å². The molecular formula is C17H18F3N3O. The summed E-state index contributed by atoms with van der Waals surface area (Å²) in [4.78, 5) is 16.2. The van der Waals surface area contributed by atoms with Crippen LogP contribution in [0.15, 0.2) is 42.6 Å². The maximum Gasteiger partial charge on any atom is 0.416 e. The van der Waals surface area contributed by atoms with Crippen molar-refractivity contribution in [2.45, 2.75) is 25.9 Å². The molecule has 128 valence electrons. The van der Waals surface area contributed by atoms with Crippen molar-refractivity contribution in [2.24, 2.45) is 0 Å². The first-order chi connectivity index (χ1) is 11.4. The molecule has 4 nitrogen and oxygen atoms in total. The fourth-order valence-electron chi connectivity index (χ4n) is 1.98. The minimum Gasteiger partial charge on any atom is -0.370 e. The molecule has 2 rings (SSSR count). The number of aromatic nitrogens is 1. The summed E-state index contributed by atoms with van der Waals surface area (Å²) < 4.78 is 37.5. The van der Waals surface area contributed by atoms with Crippen LogP contribution in [-0.4, -0.2) is 17.4 Å². The normalized spacial score (nSPS) is 11.2. The Kier molecular flexibility index (Phi) is 5.78. The Morgan fingerprint density at radius 2 is 1.83 bits per heavy atom. The molecule has 24 heavy (non-hydrogen) atoms. The number of halogens is 3. The Morgan fingerprint density at radius 1 is 1.12 bits per heavy atom. The maximum absolute atomic E-state index is 12.5. The van der Waals surface area contributed by atoms with E-state index in [1.54, 1.807) is 12.1 Å². The molecule has 1 heterocycles. The highest BCUT2D eigenvalue weighted by atomic mass is 19.4. The summed E-state index contributed by atoms with van der Waals surface area (Å²) in [5.41, 5.74) is -0.169. The van der Waals surface area contributed by atoms with Gasteiger partial charge in [-0.3, -0.25) is 4.79 Å². The molecule has 0 aliphatic rings. The van der Waals surface area contributed by atoms with E-state index in [2.05, 4.69) is 22.5 Å². The van der Waals surface area contributed by atoms with Gasteiger partial charge >= 0.3 is 6.18 Å². The van der Waals surface area contributed by atoms with Crippen molar-refractivity contribution in [1.82, 2.24) is 4.98 Å². The molecular weight excluding hydrogens is 319 g/mol. The number of nitrogens with zero attached hydrogens (tertiary/aromatic N) is 1. The first-order valence-electron chi connectivity index (χ1n) is 7.58. The Bertz CT molecular complexity index is 667. The van der Waals surface area contributed by atoms with Crippen LogP contribution in [0.4, 0.5) is 24.7 Å². The van der Waals surface area contributed by atoms with Crippen LogP contribution < -0.4 is 10.6 Å². The van der Waals surface area contributed by atoms with E-state index in [1.807, 2.05) is 0 Å². The molecule has 0 spiro atoms. The van der Waals surface area contributed by atoms with Gasteiger partial charge in [0.05, 0.1) is 17.4 Å². The van der Waals surface area contributed by atoms with Gasteiger partial charge in [0, 0.05) is 12.1 Å². The lowest BCUT2D eigenvalue weighted by Gasteiger charge is -2.09. The second-order valence-corrected chi connectivity index (χ2v) is 5.24. The number of nitrogens with one attached hydrogen (secondary N) is 2. The molecule has 0 atom stereocenters. The molecule has 1 amide bonds. The van der Waals surface area contributed by atoms with Gasteiger partial charge in [0.1, 0.15) is 5.82 Å². The lowest BCUT2D eigenvalue weighted by atomic mass is 10.1. The van der Waals surface area contributed by atoms with Crippen molar-refractivity contribution >= 4 is 17.4 Å². The van der Waals surface area contributed by atoms with Gasteiger partial charge in [0.15, 0.2) is 0 Å². The molecule has 1 aromatic carbocycles. The number of unbranched alkanes of at least 4 members (excludes halogenated alkanes) is 1. The molecule has 0 radical (unpaired) electrons. The van der Waals surface area contributed by atoms with Crippen molar-refractivity contribution in [3.8, 4) is 0 Å². The molecule has 0 aliphatic carbocycles. The average Bonchev–Trinajstić information content (AvgIpc) is 2.56. The number of hydrogen-bond acceptors (Lipinski definition) is 3. The molecule has 2 N–H and O–H groups in total. The van der Waals surface area contributed by atoms with E-state index >= 15 is 0 Å². The Morgan fingerprint density at radius 3 is 2.38 bits per heavy atom. The number of rotatable bonds is 6. The summed E-state index contributed by atoms with van der Waals surface area (Å²) >= 11 is 0. The molecule has 2 aromatic rings. The van der Waals surface area contributed by atoms with Gasteiger partial charge in [-0.1, -0.05) is 13.3 Å². The fourth-order valence-corrected chi connectivity index (χ4v) is 1.98. The van der Waals surface area contributed by atoms with E-state index in [9.17, 15) is 18.0 Å².